The maximum absolute atomic E-state index is 13.5. The molecule has 1 aromatic rings. The second-order valence-corrected chi connectivity index (χ2v) is 8.43. The first-order valence-corrected chi connectivity index (χ1v) is 10.7. The highest BCUT2D eigenvalue weighted by atomic mass is 19.1. The van der Waals surface area contributed by atoms with Crippen LogP contribution in [0.25, 0.3) is 0 Å². The van der Waals surface area contributed by atoms with Crippen LogP contribution in [0.4, 0.5) is 4.39 Å². The fraction of sp³-hybridized carbons (Fsp3) is 0.636. The first-order chi connectivity index (χ1) is 14.8. The van der Waals surface area contributed by atoms with E-state index in [4.69, 9.17) is 9.47 Å². The molecule has 2 heterocycles. The molecule has 2 aliphatic rings. The zero-order valence-corrected chi connectivity index (χ0v) is 18.3. The van der Waals surface area contributed by atoms with Gasteiger partial charge < -0.3 is 24.4 Å². The van der Waals surface area contributed by atoms with Crippen LogP contribution in [0.15, 0.2) is 24.3 Å². The highest BCUT2D eigenvalue weighted by Crippen LogP contribution is 2.24. The van der Waals surface area contributed by atoms with Crippen molar-refractivity contribution in [3.05, 3.63) is 30.1 Å². The molecule has 0 radical (unpaired) electrons. The summed E-state index contributed by atoms with van der Waals surface area (Å²) in [5, 5.41) is 11.5. The lowest BCUT2D eigenvalue weighted by atomic mass is 9.99. The van der Waals surface area contributed by atoms with E-state index in [-0.39, 0.29) is 37.6 Å². The second-order valence-electron chi connectivity index (χ2n) is 8.43. The van der Waals surface area contributed by atoms with Crippen molar-refractivity contribution >= 4 is 11.8 Å². The molecule has 3 rings (SSSR count). The zero-order chi connectivity index (χ0) is 22.4. The zero-order valence-electron chi connectivity index (χ0n) is 18.3. The number of carbonyl (C=O) groups excluding carboxylic acids is 2. The average molecular weight is 438 g/mol. The van der Waals surface area contributed by atoms with Gasteiger partial charge in [-0.25, -0.2) is 4.39 Å². The smallest absolute Gasteiger partial charge is 0.248 e. The highest BCUT2D eigenvalue weighted by Gasteiger charge is 2.40. The van der Waals surface area contributed by atoms with E-state index in [9.17, 15) is 19.1 Å². The first-order valence-electron chi connectivity index (χ1n) is 10.7. The molecule has 2 fully saturated rings. The Morgan fingerprint density at radius 1 is 1.16 bits per heavy atom. The lowest BCUT2D eigenvalue weighted by Crippen LogP contribution is -2.55. The maximum Gasteiger partial charge on any atom is 0.248 e. The van der Waals surface area contributed by atoms with Gasteiger partial charge >= 0.3 is 0 Å². The van der Waals surface area contributed by atoms with E-state index in [0.29, 0.717) is 38.5 Å². The lowest BCUT2D eigenvalue weighted by molar-refractivity contribution is -0.138. The van der Waals surface area contributed by atoms with Crippen LogP contribution in [0.3, 0.4) is 0 Å². The monoisotopic (exact) mass is 437 g/mol. The van der Waals surface area contributed by atoms with Gasteiger partial charge in [-0.15, -0.1) is 0 Å². The number of aliphatic hydroxyl groups is 1. The van der Waals surface area contributed by atoms with Gasteiger partial charge in [0.2, 0.25) is 11.8 Å². The summed E-state index contributed by atoms with van der Waals surface area (Å²) in [5.74, 6) is -0.208. The van der Waals surface area contributed by atoms with Gasteiger partial charge in [0, 0.05) is 58.9 Å². The van der Waals surface area contributed by atoms with E-state index < -0.39 is 11.4 Å². The van der Waals surface area contributed by atoms with Crippen LogP contribution < -0.4 is 4.74 Å². The molecule has 1 atom stereocenters. The number of methoxy groups -OCH3 is 1. The van der Waals surface area contributed by atoms with Crippen LogP contribution in [0.1, 0.15) is 19.8 Å². The molecule has 9 heteroatoms. The molecule has 0 aromatic heterocycles. The molecule has 2 aliphatic heterocycles. The van der Waals surface area contributed by atoms with Crippen molar-refractivity contribution < 1.29 is 28.6 Å². The summed E-state index contributed by atoms with van der Waals surface area (Å²) in [5.41, 5.74) is -1.33. The van der Waals surface area contributed by atoms with E-state index in [1.807, 2.05) is 4.90 Å². The fourth-order valence-corrected chi connectivity index (χ4v) is 4.34. The van der Waals surface area contributed by atoms with E-state index >= 15 is 0 Å². The summed E-state index contributed by atoms with van der Waals surface area (Å²) >= 11 is 0. The quantitative estimate of drug-likeness (QED) is 0.707. The summed E-state index contributed by atoms with van der Waals surface area (Å²) in [7, 11) is 1.46. The molecule has 0 saturated carbocycles. The number of benzene rings is 1. The van der Waals surface area contributed by atoms with E-state index in [2.05, 4.69) is 4.90 Å². The lowest BCUT2D eigenvalue weighted by Gasteiger charge is -2.40. The fourth-order valence-electron chi connectivity index (χ4n) is 4.34. The molecule has 1 aromatic carbocycles. The topological polar surface area (TPSA) is 82.6 Å². The second kappa shape index (κ2) is 10.4. The number of β-amino-alcohol motifs (C(OH)–C–C–N with tert-alkyl or cyclic N) is 1. The number of likely N-dealkylation sites (tertiary alicyclic amines) is 1. The van der Waals surface area contributed by atoms with Crippen LogP contribution >= 0.6 is 0 Å². The summed E-state index contributed by atoms with van der Waals surface area (Å²) < 4.78 is 24.2. The number of ether oxygens (including phenoxy) is 2. The third-order valence-electron chi connectivity index (χ3n) is 5.99. The van der Waals surface area contributed by atoms with Crippen LogP contribution in [-0.2, 0) is 14.3 Å². The largest absolute Gasteiger partial charge is 0.490 e. The average Bonchev–Trinajstić information content (AvgIpc) is 2.92. The predicted octanol–water partition coefficient (Wildman–Crippen LogP) is 0.737. The van der Waals surface area contributed by atoms with Gasteiger partial charge in [0.25, 0.3) is 0 Å². The van der Waals surface area contributed by atoms with Crippen molar-refractivity contribution in [1.82, 2.24) is 14.7 Å². The molecule has 0 bridgehead atoms. The molecular formula is C22H32FN3O5. The normalized spacial score (nSPS) is 23.5. The van der Waals surface area contributed by atoms with Crippen LogP contribution in [0, 0.1) is 5.82 Å². The van der Waals surface area contributed by atoms with E-state index in [1.54, 1.807) is 24.0 Å². The van der Waals surface area contributed by atoms with Crippen molar-refractivity contribution in [2.75, 3.05) is 59.6 Å². The molecule has 0 spiro atoms. The third-order valence-corrected chi connectivity index (χ3v) is 5.99. The van der Waals surface area contributed by atoms with Gasteiger partial charge in [-0.3, -0.25) is 14.5 Å². The Kier molecular flexibility index (Phi) is 7.85. The van der Waals surface area contributed by atoms with Gasteiger partial charge in [0.1, 0.15) is 30.4 Å². The van der Waals surface area contributed by atoms with Gasteiger partial charge in [0.15, 0.2) is 0 Å². The van der Waals surface area contributed by atoms with Crippen LogP contribution in [0.5, 0.6) is 5.75 Å². The number of amides is 2. The minimum absolute atomic E-state index is 0.0577. The Labute approximate surface area is 182 Å². The molecule has 2 amide bonds. The van der Waals surface area contributed by atoms with Crippen molar-refractivity contribution in [2.24, 2.45) is 0 Å². The Hall–Kier alpha value is -2.23. The third kappa shape index (κ3) is 6.38. The highest BCUT2D eigenvalue weighted by molar-refractivity contribution is 5.77. The van der Waals surface area contributed by atoms with Gasteiger partial charge in [-0.05, 0) is 25.0 Å². The Morgan fingerprint density at radius 2 is 1.90 bits per heavy atom. The molecule has 172 valence electrons. The van der Waals surface area contributed by atoms with Gasteiger partial charge in [0.05, 0.1) is 6.54 Å². The number of hydrogen-bond donors (Lipinski definition) is 1. The van der Waals surface area contributed by atoms with E-state index in [1.165, 1.54) is 19.2 Å². The maximum atomic E-state index is 13.5. The van der Waals surface area contributed by atoms with Crippen LogP contribution in [0.2, 0.25) is 0 Å². The molecule has 1 N–H and O–H groups in total. The van der Waals surface area contributed by atoms with Crippen molar-refractivity contribution in [1.29, 1.82) is 0 Å². The molecule has 31 heavy (non-hydrogen) atoms. The van der Waals surface area contributed by atoms with Crippen molar-refractivity contribution in [3.8, 4) is 5.75 Å². The Balaban J connectivity index is 1.72. The predicted molar refractivity (Wildman–Crippen MR) is 112 cm³/mol. The van der Waals surface area contributed by atoms with Crippen LogP contribution in [-0.4, -0.2) is 103 Å². The Morgan fingerprint density at radius 3 is 2.55 bits per heavy atom. The number of piperidine rings is 1. The van der Waals surface area contributed by atoms with Gasteiger partial charge in [-0.2, -0.15) is 0 Å². The minimum atomic E-state index is -1.33. The summed E-state index contributed by atoms with van der Waals surface area (Å²) in [4.78, 5) is 29.8. The SMILES string of the molecule is COCC(=O)N1CCN(C2CCN(C(C)=O)CC2)CC(O)(COc2cccc(F)c2)C1. The standard InChI is InChI=1S/C22H32FN3O5/c1-17(27)24-8-6-19(7-9-24)25-10-11-26(21(28)13-30-2)15-22(29,14-25)16-31-20-5-3-4-18(23)12-20/h3-5,12,19,29H,6-11,13-16H2,1-2H3. The number of hydrogen-bond acceptors (Lipinski definition) is 6. The summed E-state index contributed by atoms with van der Waals surface area (Å²) in [6.07, 6.45) is 1.62. The number of halogens is 1. The summed E-state index contributed by atoms with van der Waals surface area (Å²) in [6, 6.07) is 5.97. The molecule has 2 saturated heterocycles. The molecular weight excluding hydrogens is 405 g/mol. The van der Waals surface area contributed by atoms with Crippen molar-refractivity contribution in [2.45, 2.75) is 31.4 Å². The number of carbonyl (C=O) groups is 2. The summed E-state index contributed by atoms with van der Waals surface area (Å²) in [6.45, 7) is 4.32. The first kappa shape index (κ1) is 23.4. The molecule has 8 nitrogen and oxygen atoms in total. The van der Waals surface area contributed by atoms with Crippen molar-refractivity contribution in [3.63, 3.8) is 0 Å². The van der Waals surface area contributed by atoms with E-state index in [0.717, 1.165) is 12.8 Å². The van der Waals surface area contributed by atoms with Gasteiger partial charge in [-0.1, -0.05) is 6.07 Å². The minimum Gasteiger partial charge on any atom is -0.490 e. The number of nitrogens with zero attached hydrogens (tertiary/aromatic N) is 3. The Bertz CT molecular complexity index is 771. The number of rotatable bonds is 6. The molecule has 0 aliphatic carbocycles. The molecule has 1 unspecified atom stereocenters.